The van der Waals surface area contributed by atoms with Crippen molar-refractivity contribution >= 4 is 23.5 Å². The number of nitrogens with zero attached hydrogens (tertiary/aromatic N) is 1. The van der Waals surface area contributed by atoms with Crippen LogP contribution in [0.4, 0.5) is 10.5 Å². The highest BCUT2D eigenvalue weighted by molar-refractivity contribution is 5.94. The lowest BCUT2D eigenvalue weighted by molar-refractivity contribution is -0.122. The summed E-state index contributed by atoms with van der Waals surface area (Å²) in [5, 5.41) is 8.75. The van der Waals surface area contributed by atoms with Gasteiger partial charge in [-0.25, -0.2) is 4.79 Å². The molecule has 2 aromatic rings. The Kier molecular flexibility index (Phi) is 7.83. The van der Waals surface area contributed by atoms with Crippen LogP contribution in [0.25, 0.3) is 0 Å². The Labute approximate surface area is 176 Å². The predicted octanol–water partition coefficient (Wildman–Crippen LogP) is 3.01. The highest BCUT2D eigenvalue weighted by Gasteiger charge is 2.23. The van der Waals surface area contributed by atoms with Gasteiger partial charge in [0, 0.05) is 43.3 Å². The molecule has 2 aromatic carbocycles. The lowest BCUT2D eigenvalue weighted by Gasteiger charge is -2.32. The molecule has 4 amide bonds. The van der Waals surface area contributed by atoms with Crippen LogP contribution in [0, 0.1) is 0 Å². The van der Waals surface area contributed by atoms with Crippen LogP contribution in [-0.4, -0.2) is 48.4 Å². The first kappa shape index (κ1) is 21.4. The highest BCUT2D eigenvalue weighted by atomic mass is 16.2. The molecule has 3 N–H and O–H groups in total. The van der Waals surface area contributed by atoms with E-state index in [0.29, 0.717) is 38.0 Å². The number of carbonyl (C=O) groups is 3. The molecule has 0 unspecified atom stereocenters. The molecule has 1 aliphatic rings. The molecule has 1 fully saturated rings. The number of rotatable bonds is 7. The van der Waals surface area contributed by atoms with Crippen molar-refractivity contribution in [1.82, 2.24) is 15.5 Å². The van der Waals surface area contributed by atoms with E-state index in [1.54, 1.807) is 17.0 Å². The maximum Gasteiger partial charge on any atom is 0.321 e. The third-order valence-electron chi connectivity index (χ3n) is 5.07. The fraction of sp³-hybridized carbons (Fsp3) is 0.348. The summed E-state index contributed by atoms with van der Waals surface area (Å²) in [7, 11) is 0. The zero-order chi connectivity index (χ0) is 21.2. The van der Waals surface area contributed by atoms with E-state index in [1.165, 1.54) is 0 Å². The van der Waals surface area contributed by atoms with Gasteiger partial charge in [0.05, 0.1) is 0 Å². The summed E-state index contributed by atoms with van der Waals surface area (Å²) in [6.07, 6.45) is 2.42. The minimum Gasteiger partial charge on any atom is -0.353 e. The van der Waals surface area contributed by atoms with Crippen molar-refractivity contribution in [2.45, 2.75) is 31.7 Å². The molecule has 7 nitrogen and oxygen atoms in total. The number of hydrogen-bond donors (Lipinski definition) is 3. The van der Waals surface area contributed by atoms with E-state index < -0.39 is 0 Å². The average Bonchev–Trinajstić information content (AvgIpc) is 2.78. The predicted molar refractivity (Wildman–Crippen MR) is 116 cm³/mol. The third kappa shape index (κ3) is 6.62. The zero-order valence-corrected chi connectivity index (χ0v) is 17.0. The first-order valence-corrected chi connectivity index (χ1v) is 10.4. The molecule has 0 bridgehead atoms. The van der Waals surface area contributed by atoms with Crippen molar-refractivity contribution in [1.29, 1.82) is 0 Å². The van der Waals surface area contributed by atoms with Crippen LogP contribution in [0.2, 0.25) is 0 Å². The number of carbonyl (C=O) groups excluding carboxylic acids is 3. The Balaban J connectivity index is 1.29. The molecule has 1 saturated heterocycles. The van der Waals surface area contributed by atoms with Gasteiger partial charge >= 0.3 is 6.03 Å². The molecule has 0 radical (unpaired) electrons. The van der Waals surface area contributed by atoms with Crippen molar-refractivity contribution in [3.05, 3.63) is 66.2 Å². The van der Waals surface area contributed by atoms with Crippen molar-refractivity contribution < 1.29 is 14.4 Å². The molecule has 30 heavy (non-hydrogen) atoms. The molecule has 0 aromatic heterocycles. The van der Waals surface area contributed by atoms with Crippen molar-refractivity contribution in [3.8, 4) is 0 Å². The molecule has 158 valence electrons. The molecule has 0 spiro atoms. The Morgan fingerprint density at radius 3 is 2.20 bits per heavy atom. The summed E-state index contributed by atoms with van der Waals surface area (Å²) >= 11 is 0. The number of urea groups is 1. The number of likely N-dealkylation sites (tertiary alicyclic amines) is 1. The van der Waals surface area contributed by atoms with Gasteiger partial charge in [-0.15, -0.1) is 0 Å². The SMILES string of the molecule is O=C(CCCNC(=O)c1ccccc1)NC1CCN(C(=O)Nc2ccccc2)CC1. The van der Waals surface area contributed by atoms with E-state index in [9.17, 15) is 14.4 Å². The largest absolute Gasteiger partial charge is 0.353 e. The number of amides is 4. The molecular formula is C23H28N4O3. The topological polar surface area (TPSA) is 90.5 Å². The first-order chi connectivity index (χ1) is 14.6. The second-order valence-corrected chi connectivity index (χ2v) is 7.35. The number of para-hydroxylation sites is 1. The number of nitrogens with one attached hydrogen (secondary N) is 3. The molecule has 0 atom stereocenters. The third-order valence-corrected chi connectivity index (χ3v) is 5.07. The summed E-state index contributed by atoms with van der Waals surface area (Å²) in [5.41, 5.74) is 1.39. The molecular weight excluding hydrogens is 380 g/mol. The average molecular weight is 409 g/mol. The number of benzene rings is 2. The normalized spacial score (nSPS) is 14.1. The van der Waals surface area contributed by atoms with Gasteiger partial charge in [0.1, 0.15) is 0 Å². The Morgan fingerprint density at radius 1 is 0.900 bits per heavy atom. The lowest BCUT2D eigenvalue weighted by Crippen LogP contribution is -2.47. The Bertz CT molecular complexity index is 834. The molecule has 7 heteroatoms. The monoisotopic (exact) mass is 408 g/mol. The van der Waals surface area contributed by atoms with Gasteiger partial charge in [-0.3, -0.25) is 9.59 Å². The number of anilines is 1. The van der Waals surface area contributed by atoms with E-state index in [4.69, 9.17) is 0 Å². The molecule has 3 rings (SSSR count). The van der Waals surface area contributed by atoms with Gasteiger partial charge in [-0.2, -0.15) is 0 Å². The summed E-state index contributed by atoms with van der Waals surface area (Å²) in [5.74, 6) is -0.145. The smallest absolute Gasteiger partial charge is 0.321 e. The van der Waals surface area contributed by atoms with Crippen molar-refractivity contribution in [2.75, 3.05) is 25.0 Å². The van der Waals surface area contributed by atoms with Gasteiger partial charge in [0.15, 0.2) is 0 Å². The minimum atomic E-state index is -0.128. The lowest BCUT2D eigenvalue weighted by atomic mass is 10.0. The van der Waals surface area contributed by atoms with E-state index >= 15 is 0 Å². The van der Waals surface area contributed by atoms with Crippen LogP contribution in [0.3, 0.4) is 0 Å². The molecule has 0 saturated carbocycles. The quantitative estimate of drug-likeness (QED) is 0.615. The van der Waals surface area contributed by atoms with E-state index in [2.05, 4.69) is 16.0 Å². The van der Waals surface area contributed by atoms with E-state index in [1.807, 2.05) is 48.5 Å². The summed E-state index contributed by atoms with van der Waals surface area (Å²) in [6, 6.07) is 18.4. The molecule has 1 heterocycles. The number of hydrogen-bond acceptors (Lipinski definition) is 3. The van der Waals surface area contributed by atoms with E-state index in [0.717, 1.165) is 18.5 Å². The maximum absolute atomic E-state index is 12.3. The second kappa shape index (κ2) is 11.0. The summed E-state index contributed by atoms with van der Waals surface area (Å²) in [4.78, 5) is 38.2. The number of piperidine rings is 1. The Hall–Kier alpha value is -3.35. The van der Waals surface area contributed by atoms with Crippen LogP contribution < -0.4 is 16.0 Å². The Morgan fingerprint density at radius 2 is 1.53 bits per heavy atom. The van der Waals surface area contributed by atoms with Gasteiger partial charge in [0.2, 0.25) is 5.91 Å². The zero-order valence-electron chi connectivity index (χ0n) is 17.0. The highest BCUT2D eigenvalue weighted by Crippen LogP contribution is 2.13. The van der Waals surface area contributed by atoms with Gasteiger partial charge in [-0.05, 0) is 43.5 Å². The van der Waals surface area contributed by atoms with Crippen LogP contribution in [-0.2, 0) is 4.79 Å². The summed E-state index contributed by atoms with van der Waals surface area (Å²) in [6.45, 7) is 1.67. The second-order valence-electron chi connectivity index (χ2n) is 7.35. The van der Waals surface area contributed by atoms with Gasteiger partial charge < -0.3 is 20.9 Å². The molecule has 0 aliphatic carbocycles. The maximum atomic E-state index is 12.3. The fourth-order valence-electron chi connectivity index (χ4n) is 3.39. The first-order valence-electron chi connectivity index (χ1n) is 10.4. The van der Waals surface area contributed by atoms with Crippen LogP contribution in [0.15, 0.2) is 60.7 Å². The minimum absolute atomic E-state index is 0.0175. The van der Waals surface area contributed by atoms with E-state index in [-0.39, 0.29) is 23.9 Å². The molecule has 1 aliphatic heterocycles. The summed E-state index contributed by atoms with van der Waals surface area (Å²) < 4.78 is 0. The van der Waals surface area contributed by atoms with Crippen LogP contribution >= 0.6 is 0 Å². The van der Waals surface area contributed by atoms with Gasteiger partial charge in [0.25, 0.3) is 5.91 Å². The van der Waals surface area contributed by atoms with Gasteiger partial charge in [-0.1, -0.05) is 36.4 Å². The van der Waals surface area contributed by atoms with Crippen molar-refractivity contribution in [2.24, 2.45) is 0 Å². The van der Waals surface area contributed by atoms with Crippen molar-refractivity contribution in [3.63, 3.8) is 0 Å². The van der Waals surface area contributed by atoms with Crippen LogP contribution in [0.1, 0.15) is 36.0 Å². The standard InChI is InChI=1S/C23H28N4O3/c28-21(12-7-15-24-22(29)18-8-3-1-4-9-18)25-20-13-16-27(17-14-20)23(30)26-19-10-5-2-6-11-19/h1-6,8-11,20H,7,12-17H2,(H,24,29)(H,25,28)(H,26,30). The van der Waals surface area contributed by atoms with Crippen LogP contribution in [0.5, 0.6) is 0 Å². The fourth-order valence-corrected chi connectivity index (χ4v) is 3.39.